The van der Waals surface area contributed by atoms with Crippen LogP contribution in [-0.4, -0.2) is 42.3 Å². The summed E-state index contributed by atoms with van der Waals surface area (Å²) in [6, 6.07) is 4.04. The number of amides is 2. The van der Waals surface area contributed by atoms with Gasteiger partial charge in [0.15, 0.2) is 0 Å². The van der Waals surface area contributed by atoms with E-state index < -0.39 is 11.5 Å². The number of halogens is 2. The molecule has 1 aliphatic rings. The highest BCUT2D eigenvalue weighted by molar-refractivity contribution is 6.31. The van der Waals surface area contributed by atoms with Gasteiger partial charge in [0.1, 0.15) is 5.82 Å². The zero-order valence-corrected chi connectivity index (χ0v) is 14.5. The first-order valence-electron chi connectivity index (χ1n) is 7.83. The van der Waals surface area contributed by atoms with Crippen molar-refractivity contribution in [1.29, 1.82) is 0 Å². The minimum absolute atomic E-state index is 0.240. The summed E-state index contributed by atoms with van der Waals surface area (Å²) in [5.74, 6) is -0.0490. The molecule has 2 rings (SSSR count). The highest BCUT2D eigenvalue weighted by atomic mass is 35.5. The number of nitrogens with one attached hydrogen (secondary N) is 1. The van der Waals surface area contributed by atoms with Crippen molar-refractivity contribution in [2.75, 3.05) is 20.1 Å². The summed E-state index contributed by atoms with van der Waals surface area (Å²) in [6.07, 6.45) is 1.62. The fourth-order valence-corrected chi connectivity index (χ4v) is 2.98. The Morgan fingerprint density at radius 1 is 1.52 bits per heavy atom. The van der Waals surface area contributed by atoms with Crippen LogP contribution in [0.1, 0.15) is 32.3 Å². The number of rotatable bonds is 6. The molecule has 0 radical (unpaired) electrons. The Morgan fingerprint density at radius 2 is 2.17 bits per heavy atom. The number of benzene rings is 1. The number of likely N-dealkylation sites (N-methyl/N-ethyl adjacent to an activating group) is 1. The van der Waals surface area contributed by atoms with Crippen molar-refractivity contribution in [3.8, 4) is 0 Å². The predicted molar refractivity (Wildman–Crippen MR) is 89.2 cm³/mol. The Labute approximate surface area is 141 Å². The first-order chi connectivity index (χ1) is 10.7. The van der Waals surface area contributed by atoms with E-state index in [0.717, 1.165) is 18.4 Å². The van der Waals surface area contributed by atoms with Crippen LogP contribution in [0.25, 0.3) is 0 Å². The standard InChI is InChI=1S/C17H24ClFN2O2/c1-17(2,13-7-6-12(19)8-14(13)18)10-20-16(23)21(3)9-15(22)11-4-5-11/h6-8,11,15,22H,4-5,9-10H2,1-3H3,(H,20,23). The molecule has 2 amide bonds. The molecule has 0 aromatic heterocycles. The van der Waals surface area contributed by atoms with Crippen molar-refractivity contribution in [2.45, 2.75) is 38.2 Å². The summed E-state index contributed by atoms with van der Waals surface area (Å²) in [5, 5.41) is 13.1. The number of aliphatic hydroxyl groups is 1. The topological polar surface area (TPSA) is 52.6 Å². The molecule has 2 N–H and O–H groups in total. The zero-order chi connectivity index (χ0) is 17.2. The number of urea groups is 1. The quantitative estimate of drug-likeness (QED) is 0.834. The molecule has 128 valence electrons. The number of carbonyl (C=O) groups is 1. The summed E-state index contributed by atoms with van der Waals surface area (Å²) in [4.78, 5) is 13.6. The lowest BCUT2D eigenvalue weighted by Crippen LogP contribution is -2.45. The average molecular weight is 343 g/mol. The molecule has 0 bridgehead atoms. The van der Waals surface area contributed by atoms with E-state index in [1.54, 1.807) is 13.1 Å². The normalized spacial score (nSPS) is 16.1. The maximum Gasteiger partial charge on any atom is 0.317 e. The van der Waals surface area contributed by atoms with Gasteiger partial charge in [-0.3, -0.25) is 0 Å². The fraction of sp³-hybridized carbons (Fsp3) is 0.588. The number of hydrogen-bond acceptors (Lipinski definition) is 2. The van der Waals surface area contributed by atoms with Crippen molar-refractivity contribution < 1.29 is 14.3 Å². The van der Waals surface area contributed by atoms with Crippen LogP contribution >= 0.6 is 11.6 Å². The third-order valence-corrected chi connectivity index (χ3v) is 4.63. The van der Waals surface area contributed by atoms with Crippen LogP contribution in [0.2, 0.25) is 5.02 Å². The fourth-order valence-electron chi connectivity index (χ4n) is 2.56. The molecular weight excluding hydrogens is 319 g/mol. The van der Waals surface area contributed by atoms with Crippen LogP contribution in [0.15, 0.2) is 18.2 Å². The van der Waals surface area contributed by atoms with Gasteiger partial charge >= 0.3 is 6.03 Å². The molecule has 1 aromatic rings. The van der Waals surface area contributed by atoms with Crippen LogP contribution < -0.4 is 5.32 Å². The molecular formula is C17H24ClFN2O2. The summed E-state index contributed by atoms with van der Waals surface area (Å²) in [7, 11) is 1.67. The molecule has 1 aromatic carbocycles. The van der Waals surface area contributed by atoms with Gasteiger partial charge in [-0.25, -0.2) is 9.18 Å². The van der Waals surface area contributed by atoms with Gasteiger partial charge in [-0.05, 0) is 36.5 Å². The number of aliphatic hydroxyl groups excluding tert-OH is 1. The number of hydrogen-bond donors (Lipinski definition) is 2. The van der Waals surface area contributed by atoms with E-state index in [0.29, 0.717) is 24.0 Å². The van der Waals surface area contributed by atoms with Crippen molar-refractivity contribution >= 4 is 17.6 Å². The highest BCUT2D eigenvalue weighted by Gasteiger charge is 2.31. The van der Waals surface area contributed by atoms with Gasteiger partial charge in [-0.1, -0.05) is 31.5 Å². The van der Waals surface area contributed by atoms with Gasteiger partial charge < -0.3 is 15.3 Å². The Morgan fingerprint density at radius 3 is 2.74 bits per heavy atom. The van der Waals surface area contributed by atoms with E-state index in [9.17, 15) is 14.3 Å². The maximum atomic E-state index is 13.2. The minimum Gasteiger partial charge on any atom is -0.391 e. The van der Waals surface area contributed by atoms with Gasteiger partial charge in [0.2, 0.25) is 0 Å². The van der Waals surface area contributed by atoms with E-state index in [-0.39, 0.29) is 11.8 Å². The van der Waals surface area contributed by atoms with Gasteiger partial charge in [-0.15, -0.1) is 0 Å². The lowest BCUT2D eigenvalue weighted by atomic mass is 9.84. The molecule has 4 nitrogen and oxygen atoms in total. The molecule has 0 heterocycles. The monoisotopic (exact) mass is 342 g/mol. The maximum absolute atomic E-state index is 13.2. The molecule has 1 unspecified atom stereocenters. The SMILES string of the molecule is CN(CC(O)C1CC1)C(=O)NCC(C)(C)c1ccc(F)cc1Cl. The molecule has 0 spiro atoms. The third kappa shape index (κ3) is 4.82. The molecule has 23 heavy (non-hydrogen) atoms. The Balaban J connectivity index is 1.91. The smallest absolute Gasteiger partial charge is 0.317 e. The summed E-state index contributed by atoms with van der Waals surface area (Å²) in [5.41, 5.74) is 0.345. The molecule has 1 atom stereocenters. The lowest BCUT2D eigenvalue weighted by molar-refractivity contribution is 0.113. The van der Waals surface area contributed by atoms with Crippen LogP contribution in [0.4, 0.5) is 9.18 Å². The van der Waals surface area contributed by atoms with Crippen LogP contribution in [0, 0.1) is 11.7 Å². The van der Waals surface area contributed by atoms with E-state index in [1.165, 1.54) is 17.0 Å². The van der Waals surface area contributed by atoms with Gasteiger partial charge in [0.25, 0.3) is 0 Å². The average Bonchev–Trinajstić information content (AvgIpc) is 3.28. The van der Waals surface area contributed by atoms with Crippen LogP contribution in [0.5, 0.6) is 0 Å². The van der Waals surface area contributed by atoms with Crippen LogP contribution in [0.3, 0.4) is 0 Å². The Bertz CT molecular complexity index is 576. The lowest BCUT2D eigenvalue weighted by Gasteiger charge is -2.28. The predicted octanol–water partition coefficient (Wildman–Crippen LogP) is 3.17. The van der Waals surface area contributed by atoms with Gasteiger partial charge in [-0.2, -0.15) is 0 Å². The molecule has 0 aliphatic heterocycles. The second-order valence-electron chi connectivity index (χ2n) is 6.95. The highest BCUT2D eigenvalue weighted by Crippen LogP contribution is 2.33. The first kappa shape index (κ1) is 18.0. The van der Waals surface area contributed by atoms with Crippen molar-refractivity contribution in [2.24, 2.45) is 5.92 Å². The van der Waals surface area contributed by atoms with Gasteiger partial charge in [0.05, 0.1) is 6.10 Å². The van der Waals surface area contributed by atoms with Gasteiger partial charge in [0, 0.05) is 30.6 Å². The zero-order valence-electron chi connectivity index (χ0n) is 13.8. The van der Waals surface area contributed by atoms with E-state index in [1.807, 2.05) is 13.8 Å². The molecule has 1 saturated carbocycles. The third-order valence-electron chi connectivity index (χ3n) is 4.32. The van der Waals surface area contributed by atoms with Crippen molar-refractivity contribution in [3.63, 3.8) is 0 Å². The molecule has 1 fully saturated rings. The van der Waals surface area contributed by atoms with E-state index >= 15 is 0 Å². The van der Waals surface area contributed by atoms with E-state index in [2.05, 4.69) is 5.32 Å². The minimum atomic E-state index is -0.453. The summed E-state index contributed by atoms with van der Waals surface area (Å²) >= 11 is 6.11. The summed E-state index contributed by atoms with van der Waals surface area (Å²) in [6.45, 7) is 4.56. The number of carbonyl (C=O) groups excluding carboxylic acids is 1. The molecule has 0 saturated heterocycles. The Hall–Kier alpha value is -1.33. The molecule has 6 heteroatoms. The number of nitrogens with zero attached hydrogens (tertiary/aromatic N) is 1. The second-order valence-corrected chi connectivity index (χ2v) is 7.36. The largest absolute Gasteiger partial charge is 0.391 e. The summed E-state index contributed by atoms with van der Waals surface area (Å²) < 4.78 is 13.2. The molecule has 1 aliphatic carbocycles. The second kappa shape index (κ2) is 7.05. The van der Waals surface area contributed by atoms with Crippen LogP contribution in [-0.2, 0) is 5.41 Å². The van der Waals surface area contributed by atoms with Crippen molar-refractivity contribution in [1.82, 2.24) is 10.2 Å². The van der Waals surface area contributed by atoms with E-state index in [4.69, 9.17) is 11.6 Å². The van der Waals surface area contributed by atoms with Crippen molar-refractivity contribution in [3.05, 3.63) is 34.6 Å². The Kier molecular flexibility index (Phi) is 5.53. The first-order valence-corrected chi connectivity index (χ1v) is 8.21.